The first-order valence-corrected chi connectivity index (χ1v) is 10.3. The highest BCUT2D eigenvalue weighted by molar-refractivity contribution is 7.91. The van der Waals surface area contributed by atoms with E-state index in [9.17, 15) is 13.2 Å². The molecule has 0 radical (unpaired) electrons. The number of hydrogen-bond donors (Lipinski definition) is 1. The summed E-state index contributed by atoms with van der Waals surface area (Å²) >= 11 is 0. The molecule has 1 aliphatic carbocycles. The molecule has 7 heteroatoms. The van der Waals surface area contributed by atoms with Crippen molar-refractivity contribution in [2.45, 2.75) is 51.6 Å². The second-order valence-corrected chi connectivity index (χ2v) is 9.57. The number of nitrogens with one attached hydrogen (secondary N) is 1. The minimum atomic E-state index is -2.86. The average molecular weight is 337 g/mol. The first kappa shape index (κ1) is 15.2. The number of hydrogen-bond acceptors (Lipinski definition) is 4. The van der Waals surface area contributed by atoms with Gasteiger partial charge in [0, 0.05) is 18.9 Å². The number of carbonyl (C=O) groups is 1. The molecule has 1 amide bonds. The highest BCUT2D eigenvalue weighted by Gasteiger charge is 2.59. The van der Waals surface area contributed by atoms with E-state index in [1.54, 1.807) is 0 Å². The van der Waals surface area contributed by atoms with Crippen molar-refractivity contribution in [3.63, 3.8) is 0 Å². The predicted octanol–water partition coefficient (Wildman–Crippen LogP) is 1.05. The normalized spacial score (nSPS) is 27.4. The van der Waals surface area contributed by atoms with Crippen LogP contribution in [0.3, 0.4) is 0 Å². The summed E-state index contributed by atoms with van der Waals surface area (Å²) < 4.78 is 25.3. The van der Waals surface area contributed by atoms with Crippen molar-refractivity contribution in [1.29, 1.82) is 0 Å². The molecule has 1 N–H and O–H groups in total. The zero-order valence-corrected chi connectivity index (χ0v) is 14.1. The molecule has 0 aromatic carbocycles. The Hall–Kier alpha value is -1.37. The number of aryl methyl sites for hydroxylation is 1. The van der Waals surface area contributed by atoms with Crippen molar-refractivity contribution >= 4 is 15.7 Å². The summed E-state index contributed by atoms with van der Waals surface area (Å²) in [5.41, 5.74) is 1.04. The molecule has 1 aromatic heterocycles. The minimum absolute atomic E-state index is 0.00162. The number of amides is 1. The molecule has 1 saturated carbocycles. The Kier molecular flexibility index (Phi) is 3.51. The lowest BCUT2D eigenvalue weighted by Gasteiger charge is -2.22. The molecule has 2 fully saturated rings. The molecule has 1 aromatic rings. The van der Waals surface area contributed by atoms with Gasteiger partial charge in [-0.05, 0) is 37.5 Å². The van der Waals surface area contributed by atoms with Gasteiger partial charge in [0.25, 0.3) is 0 Å². The SMILES string of the molecule is O=C(NCc1cnc2n1CCCC2)C1CC12CCS(=O)(=O)CC2. The fraction of sp³-hybridized carbons (Fsp3) is 0.750. The lowest BCUT2D eigenvalue weighted by atomic mass is 9.96. The molecule has 0 bridgehead atoms. The van der Waals surface area contributed by atoms with Gasteiger partial charge in [-0.25, -0.2) is 13.4 Å². The zero-order valence-electron chi connectivity index (χ0n) is 13.3. The van der Waals surface area contributed by atoms with Gasteiger partial charge in [0.2, 0.25) is 5.91 Å². The number of carbonyl (C=O) groups excluding carboxylic acids is 1. The van der Waals surface area contributed by atoms with Gasteiger partial charge in [-0.3, -0.25) is 4.79 Å². The van der Waals surface area contributed by atoms with Crippen LogP contribution in [0.4, 0.5) is 0 Å². The van der Waals surface area contributed by atoms with Gasteiger partial charge < -0.3 is 9.88 Å². The summed E-state index contributed by atoms with van der Waals surface area (Å²) in [5.74, 6) is 1.69. The Labute approximate surface area is 136 Å². The second kappa shape index (κ2) is 5.33. The summed E-state index contributed by atoms with van der Waals surface area (Å²) in [4.78, 5) is 16.9. The summed E-state index contributed by atoms with van der Waals surface area (Å²) in [6, 6.07) is 0. The van der Waals surface area contributed by atoms with Crippen molar-refractivity contribution in [1.82, 2.24) is 14.9 Å². The third kappa shape index (κ3) is 2.79. The Morgan fingerprint density at radius 1 is 1.35 bits per heavy atom. The van der Waals surface area contributed by atoms with Crippen LogP contribution in [0.1, 0.15) is 43.6 Å². The fourth-order valence-electron chi connectivity index (χ4n) is 4.14. The zero-order chi connectivity index (χ0) is 16.1. The Bertz CT molecular complexity index is 724. The number of rotatable bonds is 3. The molecule has 1 atom stereocenters. The lowest BCUT2D eigenvalue weighted by molar-refractivity contribution is -0.123. The topological polar surface area (TPSA) is 81.1 Å². The molecule has 4 rings (SSSR count). The van der Waals surface area contributed by atoms with Crippen molar-refractivity contribution < 1.29 is 13.2 Å². The summed E-state index contributed by atoms with van der Waals surface area (Å²) in [6.45, 7) is 1.52. The smallest absolute Gasteiger partial charge is 0.224 e. The second-order valence-electron chi connectivity index (χ2n) is 7.26. The lowest BCUT2D eigenvalue weighted by Crippen LogP contribution is -2.31. The third-order valence-electron chi connectivity index (χ3n) is 5.82. The van der Waals surface area contributed by atoms with Crippen LogP contribution in [-0.2, 0) is 34.1 Å². The van der Waals surface area contributed by atoms with E-state index in [1.807, 2.05) is 6.20 Å². The molecule has 23 heavy (non-hydrogen) atoms. The maximum absolute atomic E-state index is 12.4. The number of imidazole rings is 1. The molecule has 2 aliphatic heterocycles. The Morgan fingerprint density at radius 3 is 2.91 bits per heavy atom. The van der Waals surface area contributed by atoms with Crippen LogP contribution in [0.25, 0.3) is 0 Å². The van der Waals surface area contributed by atoms with E-state index in [-0.39, 0.29) is 28.7 Å². The number of nitrogens with zero attached hydrogens (tertiary/aromatic N) is 2. The van der Waals surface area contributed by atoms with Gasteiger partial charge >= 0.3 is 0 Å². The van der Waals surface area contributed by atoms with E-state index >= 15 is 0 Å². The largest absolute Gasteiger partial charge is 0.350 e. The van der Waals surface area contributed by atoms with Crippen LogP contribution in [-0.4, -0.2) is 35.4 Å². The molecule has 3 aliphatic rings. The summed E-state index contributed by atoms with van der Waals surface area (Å²) in [6.07, 6.45) is 7.40. The van der Waals surface area contributed by atoms with Crippen LogP contribution < -0.4 is 5.32 Å². The molecule has 1 saturated heterocycles. The van der Waals surface area contributed by atoms with Crippen LogP contribution in [0, 0.1) is 11.3 Å². The van der Waals surface area contributed by atoms with Crippen molar-refractivity contribution in [3.8, 4) is 0 Å². The van der Waals surface area contributed by atoms with Gasteiger partial charge in [0.15, 0.2) is 0 Å². The highest BCUT2D eigenvalue weighted by atomic mass is 32.2. The first-order chi connectivity index (χ1) is 11.0. The van der Waals surface area contributed by atoms with E-state index < -0.39 is 9.84 Å². The molecule has 126 valence electrons. The van der Waals surface area contributed by atoms with E-state index in [1.165, 1.54) is 12.8 Å². The summed E-state index contributed by atoms with van der Waals surface area (Å²) in [7, 11) is -2.86. The first-order valence-electron chi connectivity index (χ1n) is 8.51. The maximum Gasteiger partial charge on any atom is 0.224 e. The molecule has 1 spiro atoms. The van der Waals surface area contributed by atoms with E-state index in [2.05, 4.69) is 14.9 Å². The molecular weight excluding hydrogens is 314 g/mol. The predicted molar refractivity (Wildman–Crippen MR) is 85.4 cm³/mol. The van der Waals surface area contributed by atoms with E-state index in [0.29, 0.717) is 19.4 Å². The molecule has 1 unspecified atom stereocenters. The van der Waals surface area contributed by atoms with Crippen molar-refractivity contribution in [3.05, 3.63) is 17.7 Å². The maximum atomic E-state index is 12.4. The van der Waals surface area contributed by atoms with Crippen LogP contribution >= 0.6 is 0 Å². The average Bonchev–Trinajstić information content (AvgIpc) is 3.11. The van der Waals surface area contributed by atoms with Gasteiger partial charge in [-0.2, -0.15) is 0 Å². The highest BCUT2D eigenvalue weighted by Crippen LogP contribution is 2.59. The monoisotopic (exact) mass is 337 g/mol. The number of sulfone groups is 1. The fourth-order valence-corrected chi connectivity index (χ4v) is 5.78. The quantitative estimate of drug-likeness (QED) is 0.894. The van der Waals surface area contributed by atoms with Crippen molar-refractivity contribution in [2.75, 3.05) is 11.5 Å². The number of aromatic nitrogens is 2. The van der Waals surface area contributed by atoms with E-state index in [4.69, 9.17) is 0 Å². The van der Waals surface area contributed by atoms with Gasteiger partial charge in [-0.1, -0.05) is 0 Å². The Morgan fingerprint density at radius 2 is 2.13 bits per heavy atom. The van der Waals surface area contributed by atoms with Gasteiger partial charge in [0.05, 0.1) is 29.9 Å². The number of fused-ring (bicyclic) bond motifs is 1. The molecular formula is C16H23N3O3S. The molecule has 3 heterocycles. The third-order valence-corrected chi connectivity index (χ3v) is 7.48. The summed E-state index contributed by atoms with van der Waals surface area (Å²) in [5, 5.41) is 3.04. The van der Waals surface area contributed by atoms with Crippen LogP contribution in [0.15, 0.2) is 6.20 Å². The van der Waals surface area contributed by atoms with Crippen molar-refractivity contribution in [2.24, 2.45) is 11.3 Å². The Balaban J connectivity index is 1.34. The van der Waals surface area contributed by atoms with Crippen LogP contribution in [0.5, 0.6) is 0 Å². The minimum Gasteiger partial charge on any atom is -0.350 e. The van der Waals surface area contributed by atoms with Crippen LogP contribution in [0.2, 0.25) is 0 Å². The molecule has 6 nitrogen and oxygen atoms in total. The van der Waals surface area contributed by atoms with Gasteiger partial charge in [-0.15, -0.1) is 0 Å². The van der Waals surface area contributed by atoms with Gasteiger partial charge in [0.1, 0.15) is 15.7 Å². The standard InChI is InChI=1S/C16H23N3O3S/c20-15(13-9-16(13)4-7-23(21,22)8-5-16)18-11-12-10-17-14-3-1-2-6-19(12)14/h10,13H,1-9,11H2,(H,18,20). The van der Waals surface area contributed by atoms with E-state index in [0.717, 1.165) is 30.9 Å².